The Labute approximate surface area is 168 Å². The second-order valence-corrected chi connectivity index (χ2v) is 8.95. The Morgan fingerprint density at radius 2 is 1.46 bits per heavy atom. The fraction of sp³-hybridized carbons (Fsp3) is 0.652. The Morgan fingerprint density at radius 1 is 0.893 bits per heavy atom. The number of likely N-dealkylation sites (tertiary alicyclic amines) is 1. The van der Waals surface area contributed by atoms with Crippen molar-refractivity contribution in [2.45, 2.75) is 70.4 Å². The van der Waals surface area contributed by atoms with Gasteiger partial charge in [0.25, 0.3) is 0 Å². The molecule has 5 nitrogen and oxygen atoms in total. The lowest BCUT2D eigenvalue weighted by atomic mass is 9.85. The van der Waals surface area contributed by atoms with Crippen LogP contribution in [0.4, 0.5) is 10.5 Å². The number of amides is 3. The highest BCUT2D eigenvalue weighted by Crippen LogP contribution is 2.37. The van der Waals surface area contributed by atoms with E-state index in [1.165, 1.54) is 38.5 Å². The molecule has 3 amide bonds. The van der Waals surface area contributed by atoms with Gasteiger partial charge in [0.2, 0.25) is 5.91 Å². The summed E-state index contributed by atoms with van der Waals surface area (Å²) in [5.41, 5.74) is 0.817. The smallest absolute Gasteiger partial charge is 0.321 e. The Morgan fingerprint density at radius 3 is 2.04 bits per heavy atom. The maximum absolute atomic E-state index is 13.3. The second-order valence-electron chi connectivity index (χ2n) is 8.95. The van der Waals surface area contributed by atoms with Crippen LogP contribution >= 0.6 is 0 Å². The molecular formula is C23H33N3O2. The topological polar surface area (TPSA) is 52.7 Å². The summed E-state index contributed by atoms with van der Waals surface area (Å²) in [6, 6.07) is 10.4. The number of anilines is 1. The SMILES string of the molecule is CC1CCC(N(C(=O)C2CCN(C(=O)Nc3ccccc3)CC2)C2CC2)CC1. The number of hydrogen-bond acceptors (Lipinski definition) is 2. The van der Waals surface area contributed by atoms with Crippen LogP contribution in [0.1, 0.15) is 58.3 Å². The molecule has 2 saturated carbocycles. The van der Waals surface area contributed by atoms with E-state index in [1.807, 2.05) is 35.2 Å². The Kier molecular flexibility index (Phi) is 5.88. The third-order valence-electron chi connectivity index (χ3n) is 6.73. The van der Waals surface area contributed by atoms with Gasteiger partial charge in [0, 0.05) is 36.8 Å². The van der Waals surface area contributed by atoms with Gasteiger partial charge in [-0.25, -0.2) is 4.79 Å². The minimum atomic E-state index is -0.0579. The van der Waals surface area contributed by atoms with Gasteiger partial charge in [-0.15, -0.1) is 0 Å². The van der Waals surface area contributed by atoms with E-state index >= 15 is 0 Å². The number of carbonyl (C=O) groups is 2. The van der Waals surface area contributed by atoms with E-state index in [0.29, 0.717) is 31.1 Å². The largest absolute Gasteiger partial charge is 0.336 e. The first-order valence-electron chi connectivity index (χ1n) is 11.0. The van der Waals surface area contributed by atoms with Gasteiger partial charge in [-0.3, -0.25) is 4.79 Å². The van der Waals surface area contributed by atoms with E-state index in [1.54, 1.807) is 0 Å². The molecule has 0 radical (unpaired) electrons. The van der Waals surface area contributed by atoms with E-state index in [4.69, 9.17) is 0 Å². The van der Waals surface area contributed by atoms with Crippen molar-refractivity contribution < 1.29 is 9.59 Å². The third kappa shape index (κ3) is 4.50. The number of benzene rings is 1. The number of para-hydroxylation sites is 1. The van der Waals surface area contributed by atoms with E-state index in [2.05, 4.69) is 17.1 Å². The number of rotatable bonds is 4. The molecule has 3 fully saturated rings. The normalized spacial score (nSPS) is 26.0. The molecule has 28 heavy (non-hydrogen) atoms. The molecule has 0 aromatic heterocycles. The molecule has 1 aromatic carbocycles. The maximum Gasteiger partial charge on any atom is 0.321 e. The van der Waals surface area contributed by atoms with Crippen LogP contribution in [0.25, 0.3) is 0 Å². The van der Waals surface area contributed by atoms with Crippen LogP contribution < -0.4 is 5.32 Å². The van der Waals surface area contributed by atoms with E-state index in [0.717, 1.165) is 24.4 Å². The second kappa shape index (κ2) is 8.54. The number of nitrogens with one attached hydrogen (secondary N) is 1. The highest BCUT2D eigenvalue weighted by molar-refractivity contribution is 5.89. The summed E-state index contributed by atoms with van der Waals surface area (Å²) in [7, 11) is 0. The van der Waals surface area contributed by atoms with Gasteiger partial charge < -0.3 is 15.1 Å². The van der Waals surface area contributed by atoms with Crippen molar-refractivity contribution >= 4 is 17.6 Å². The van der Waals surface area contributed by atoms with Crippen molar-refractivity contribution in [3.63, 3.8) is 0 Å². The number of hydrogen-bond donors (Lipinski definition) is 1. The molecule has 3 aliphatic rings. The predicted octanol–water partition coefficient (Wildman–Crippen LogP) is 4.50. The summed E-state index contributed by atoms with van der Waals surface area (Å²) >= 11 is 0. The van der Waals surface area contributed by atoms with Gasteiger partial charge in [0.05, 0.1) is 0 Å². The van der Waals surface area contributed by atoms with Gasteiger partial charge in [-0.1, -0.05) is 25.1 Å². The molecular weight excluding hydrogens is 350 g/mol. The lowest BCUT2D eigenvalue weighted by molar-refractivity contribution is -0.141. The number of carbonyl (C=O) groups excluding carboxylic acids is 2. The van der Waals surface area contributed by atoms with Crippen molar-refractivity contribution in [1.82, 2.24) is 9.80 Å². The molecule has 152 valence electrons. The summed E-state index contributed by atoms with van der Waals surface area (Å²) < 4.78 is 0. The van der Waals surface area contributed by atoms with Gasteiger partial charge in [-0.2, -0.15) is 0 Å². The molecule has 1 saturated heterocycles. The summed E-state index contributed by atoms with van der Waals surface area (Å²) in [4.78, 5) is 30.0. The highest BCUT2D eigenvalue weighted by Gasteiger charge is 2.41. The van der Waals surface area contributed by atoms with Crippen molar-refractivity contribution in [1.29, 1.82) is 0 Å². The number of urea groups is 1. The molecule has 0 spiro atoms. The monoisotopic (exact) mass is 383 g/mol. The first-order valence-corrected chi connectivity index (χ1v) is 11.0. The molecule has 2 aliphatic carbocycles. The molecule has 0 bridgehead atoms. The van der Waals surface area contributed by atoms with Gasteiger partial charge >= 0.3 is 6.03 Å². The molecule has 1 aliphatic heterocycles. The fourth-order valence-electron chi connectivity index (χ4n) is 4.80. The van der Waals surface area contributed by atoms with E-state index in [9.17, 15) is 9.59 Å². The van der Waals surface area contributed by atoms with Crippen LogP contribution in [-0.2, 0) is 4.79 Å². The number of piperidine rings is 1. The van der Waals surface area contributed by atoms with Gasteiger partial charge in [-0.05, 0) is 69.4 Å². The summed E-state index contributed by atoms with van der Waals surface area (Å²) in [6.07, 6.45) is 8.76. The molecule has 0 atom stereocenters. The maximum atomic E-state index is 13.3. The average Bonchev–Trinajstić information content (AvgIpc) is 3.55. The lowest BCUT2D eigenvalue weighted by Crippen LogP contribution is -2.50. The minimum absolute atomic E-state index is 0.0579. The van der Waals surface area contributed by atoms with Crippen LogP contribution in [0.5, 0.6) is 0 Å². The van der Waals surface area contributed by atoms with Crippen LogP contribution in [-0.4, -0.2) is 46.9 Å². The van der Waals surface area contributed by atoms with Crippen LogP contribution in [0.15, 0.2) is 30.3 Å². The predicted molar refractivity (Wildman–Crippen MR) is 111 cm³/mol. The first kappa shape index (κ1) is 19.3. The van der Waals surface area contributed by atoms with Crippen LogP contribution in [0.2, 0.25) is 0 Å². The Hall–Kier alpha value is -2.04. The minimum Gasteiger partial charge on any atom is -0.336 e. The quantitative estimate of drug-likeness (QED) is 0.832. The summed E-state index contributed by atoms with van der Waals surface area (Å²) in [6.45, 7) is 3.65. The number of nitrogens with zero attached hydrogens (tertiary/aromatic N) is 2. The molecule has 0 unspecified atom stereocenters. The zero-order valence-corrected chi connectivity index (χ0v) is 17.0. The van der Waals surface area contributed by atoms with Gasteiger partial charge in [0.1, 0.15) is 0 Å². The Bertz CT molecular complexity index is 672. The molecule has 1 aromatic rings. The standard InChI is InChI=1S/C23H33N3O2/c1-17-7-9-20(10-8-17)26(21-11-12-21)22(27)18-13-15-25(16-14-18)23(28)24-19-5-3-2-4-6-19/h2-6,17-18,20-21H,7-16H2,1H3,(H,24,28). The Balaban J connectivity index is 1.31. The first-order chi connectivity index (χ1) is 13.6. The van der Waals surface area contributed by atoms with Crippen molar-refractivity contribution in [3.8, 4) is 0 Å². The van der Waals surface area contributed by atoms with Crippen molar-refractivity contribution in [2.75, 3.05) is 18.4 Å². The summed E-state index contributed by atoms with van der Waals surface area (Å²) in [5, 5.41) is 2.95. The third-order valence-corrected chi connectivity index (χ3v) is 6.73. The molecule has 1 heterocycles. The fourth-order valence-corrected chi connectivity index (χ4v) is 4.80. The molecule has 5 heteroatoms. The lowest BCUT2D eigenvalue weighted by Gasteiger charge is -2.40. The zero-order valence-electron chi connectivity index (χ0n) is 17.0. The molecule has 1 N–H and O–H groups in total. The summed E-state index contributed by atoms with van der Waals surface area (Å²) in [5.74, 6) is 1.25. The van der Waals surface area contributed by atoms with E-state index < -0.39 is 0 Å². The van der Waals surface area contributed by atoms with Crippen molar-refractivity contribution in [2.24, 2.45) is 11.8 Å². The van der Waals surface area contributed by atoms with Crippen LogP contribution in [0, 0.1) is 11.8 Å². The van der Waals surface area contributed by atoms with Crippen molar-refractivity contribution in [3.05, 3.63) is 30.3 Å². The zero-order chi connectivity index (χ0) is 19.5. The molecule has 4 rings (SSSR count). The highest BCUT2D eigenvalue weighted by atomic mass is 16.2. The average molecular weight is 384 g/mol. The van der Waals surface area contributed by atoms with E-state index in [-0.39, 0.29) is 11.9 Å². The van der Waals surface area contributed by atoms with Gasteiger partial charge in [0.15, 0.2) is 0 Å². The van der Waals surface area contributed by atoms with Crippen LogP contribution in [0.3, 0.4) is 0 Å².